The van der Waals surface area contributed by atoms with Gasteiger partial charge in [0.15, 0.2) is 5.78 Å². The summed E-state index contributed by atoms with van der Waals surface area (Å²) in [5.74, 6) is -0.0502. The van der Waals surface area contributed by atoms with Gasteiger partial charge in [-0.25, -0.2) is 0 Å². The van der Waals surface area contributed by atoms with Crippen LogP contribution >= 0.6 is 22.7 Å². The maximum absolute atomic E-state index is 13.0. The Labute approximate surface area is 199 Å². The van der Waals surface area contributed by atoms with E-state index in [1.807, 2.05) is 0 Å². The third kappa shape index (κ3) is 4.99. The number of rotatable bonds is 12. The fourth-order valence-corrected chi connectivity index (χ4v) is 6.55. The van der Waals surface area contributed by atoms with Crippen molar-refractivity contribution in [3.63, 3.8) is 0 Å². The van der Waals surface area contributed by atoms with Crippen molar-refractivity contribution in [2.45, 2.75) is 84.5 Å². The van der Waals surface area contributed by atoms with Gasteiger partial charge in [0.2, 0.25) is 0 Å². The second-order valence-corrected chi connectivity index (χ2v) is 10.7. The van der Waals surface area contributed by atoms with Crippen LogP contribution in [0.1, 0.15) is 92.5 Å². The maximum Gasteiger partial charge on any atom is 0.256 e. The number of thiophene rings is 2. The zero-order valence-electron chi connectivity index (χ0n) is 19.2. The average Bonchev–Trinajstić information content (AvgIpc) is 3.55. The first-order chi connectivity index (χ1) is 15.6. The van der Waals surface area contributed by atoms with E-state index in [1.165, 1.54) is 62.5 Å². The fourth-order valence-electron chi connectivity index (χ4n) is 4.59. The Hall–Kier alpha value is -1.98. The minimum atomic E-state index is -0.119. The number of Topliss-reactive ketones (excluding diaryl/α,β-unsaturated/α-hetero) is 1. The van der Waals surface area contributed by atoms with Crippen molar-refractivity contribution < 1.29 is 9.59 Å². The van der Waals surface area contributed by atoms with Crippen molar-refractivity contribution >= 4 is 45.6 Å². The van der Waals surface area contributed by atoms with Crippen LogP contribution in [0, 0.1) is 0 Å². The first kappa shape index (κ1) is 23.2. The summed E-state index contributed by atoms with van der Waals surface area (Å²) in [6, 6.07) is 4.35. The van der Waals surface area contributed by atoms with E-state index >= 15 is 0 Å². The SMILES string of the molecule is CCCCCCc1csc(C2=C3C(=O)NC(c4cc(CCCCCC)cs4)=C3C(=O)C2)c1. The molecular formula is C27H33NO2S2. The largest absolute Gasteiger partial charge is 0.320 e. The molecule has 5 heteroatoms. The molecule has 2 aromatic rings. The average molecular weight is 468 g/mol. The molecule has 1 N–H and O–H groups in total. The summed E-state index contributed by atoms with van der Waals surface area (Å²) in [6.45, 7) is 4.45. The summed E-state index contributed by atoms with van der Waals surface area (Å²) in [6.07, 6.45) is 12.4. The summed E-state index contributed by atoms with van der Waals surface area (Å²) in [4.78, 5) is 28.0. The quantitative estimate of drug-likeness (QED) is 0.332. The lowest BCUT2D eigenvalue weighted by Gasteiger charge is -2.02. The van der Waals surface area contributed by atoms with E-state index in [4.69, 9.17) is 0 Å². The van der Waals surface area contributed by atoms with Gasteiger partial charge >= 0.3 is 0 Å². The second-order valence-electron chi connectivity index (χ2n) is 8.92. The van der Waals surface area contributed by atoms with Crippen LogP contribution in [0.4, 0.5) is 0 Å². The third-order valence-electron chi connectivity index (χ3n) is 6.37. The molecule has 1 aliphatic carbocycles. The van der Waals surface area contributed by atoms with E-state index in [9.17, 15) is 9.59 Å². The van der Waals surface area contributed by atoms with E-state index in [0.717, 1.165) is 33.9 Å². The molecule has 0 radical (unpaired) electrons. The smallest absolute Gasteiger partial charge is 0.256 e. The molecule has 0 saturated heterocycles. The standard InChI is InChI=1S/C27H33NO2S2/c1-3-5-7-9-11-18-13-22(31-16-18)20-15-21(29)25-24(20)27(30)28-26(25)23-14-19(17-32-23)12-10-8-6-4-2/h13-14,16-17H,3-12,15H2,1-2H3,(H,28,30). The number of carbonyl (C=O) groups is 2. The molecule has 0 atom stereocenters. The summed E-state index contributed by atoms with van der Waals surface area (Å²) >= 11 is 3.30. The number of fused-ring (bicyclic) bond motifs is 1. The van der Waals surface area contributed by atoms with Gasteiger partial charge in [-0.15, -0.1) is 22.7 Å². The molecule has 2 aromatic heterocycles. The number of ketones is 1. The van der Waals surface area contributed by atoms with Crippen molar-refractivity contribution in [2.75, 3.05) is 0 Å². The number of allylic oxidation sites excluding steroid dienone is 1. The van der Waals surface area contributed by atoms with Crippen LogP contribution in [0.25, 0.3) is 11.3 Å². The van der Waals surface area contributed by atoms with Crippen LogP contribution < -0.4 is 5.32 Å². The number of amides is 1. The van der Waals surface area contributed by atoms with Crippen LogP contribution in [0.2, 0.25) is 0 Å². The van der Waals surface area contributed by atoms with Gasteiger partial charge in [0.1, 0.15) is 0 Å². The molecule has 4 rings (SSSR count). The van der Waals surface area contributed by atoms with E-state index in [-0.39, 0.29) is 11.7 Å². The van der Waals surface area contributed by atoms with E-state index < -0.39 is 0 Å². The molecule has 0 spiro atoms. The van der Waals surface area contributed by atoms with Crippen LogP contribution in [0.15, 0.2) is 34.0 Å². The van der Waals surface area contributed by atoms with Crippen molar-refractivity contribution in [3.8, 4) is 0 Å². The molecular weight excluding hydrogens is 434 g/mol. The van der Waals surface area contributed by atoms with Crippen molar-refractivity contribution in [1.29, 1.82) is 0 Å². The van der Waals surface area contributed by atoms with E-state index in [0.29, 0.717) is 17.6 Å². The first-order valence-electron chi connectivity index (χ1n) is 12.1. The number of nitrogens with one attached hydrogen (secondary N) is 1. The van der Waals surface area contributed by atoms with Crippen LogP contribution in [-0.4, -0.2) is 11.7 Å². The first-order valence-corrected chi connectivity index (χ1v) is 13.9. The summed E-state index contributed by atoms with van der Waals surface area (Å²) in [5, 5.41) is 7.39. The number of aryl methyl sites for hydroxylation is 2. The van der Waals surface area contributed by atoms with Gasteiger partial charge in [-0.3, -0.25) is 9.59 Å². The number of unbranched alkanes of at least 4 members (excludes halogenated alkanes) is 6. The molecule has 0 aromatic carbocycles. The second kappa shape index (κ2) is 10.8. The molecule has 0 saturated carbocycles. The van der Waals surface area contributed by atoms with Crippen LogP contribution in [0.5, 0.6) is 0 Å². The van der Waals surface area contributed by atoms with Gasteiger partial charge in [0.05, 0.1) is 21.7 Å². The topological polar surface area (TPSA) is 46.2 Å². The van der Waals surface area contributed by atoms with Crippen LogP contribution in [-0.2, 0) is 22.4 Å². The summed E-state index contributed by atoms with van der Waals surface area (Å²) < 4.78 is 0. The third-order valence-corrected chi connectivity index (χ3v) is 8.41. The monoisotopic (exact) mass is 467 g/mol. The highest BCUT2D eigenvalue weighted by Gasteiger charge is 2.41. The molecule has 0 unspecified atom stereocenters. The Morgan fingerprint density at radius 2 is 1.38 bits per heavy atom. The Balaban J connectivity index is 1.53. The molecule has 170 valence electrons. The predicted molar refractivity (Wildman–Crippen MR) is 136 cm³/mol. The molecule has 0 bridgehead atoms. The molecule has 1 aliphatic heterocycles. The summed E-state index contributed by atoms with van der Waals surface area (Å²) in [7, 11) is 0. The summed E-state index contributed by atoms with van der Waals surface area (Å²) in [5.41, 5.74) is 5.50. The van der Waals surface area contributed by atoms with Crippen LogP contribution in [0.3, 0.4) is 0 Å². The van der Waals surface area contributed by atoms with Crippen molar-refractivity contribution in [2.24, 2.45) is 0 Å². The Bertz CT molecular complexity index is 969. The fraction of sp³-hybridized carbons (Fsp3) is 0.481. The van der Waals surface area contributed by atoms with Gasteiger partial charge in [0.25, 0.3) is 5.91 Å². The van der Waals surface area contributed by atoms with Gasteiger partial charge in [0, 0.05) is 11.3 Å². The van der Waals surface area contributed by atoms with Gasteiger partial charge < -0.3 is 5.32 Å². The normalized spacial score (nSPS) is 15.8. The molecule has 32 heavy (non-hydrogen) atoms. The minimum Gasteiger partial charge on any atom is -0.320 e. The highest BCUT2D eigenvalue weighted by Crippen LogP contribution is 2.44. The molecule has 3 nitrogen and oxygen atoms in total. The zero-order chi connectivity index (χ0) is 22.5. The highest BCUT2D eigenvalue weighted by atomic mass is 32.1. The van der Waals surface area contributed by atoms with Gasteiger partial charge in [-0.2, -0.15) is 0 Å². The predicted octanol–water partition coefficient (Wildman–Crippen LogP) is 7.32. The molecule has 0 fully saturated rings. The highest BCUT2D eigenvalue weighted by molar-refractivity contribution is 7.11. The Kier molecular flexibility index (Phi) is 7.80. The Morgan fingerprint density at radius 3 is 2.00 bits per heavy atom. The zero-order valence-corrected chi connectivity index (χ0v) is 20.9. The number of hydrogen-bond donors (Lipinski definition) is 1. The Morgan fingerprint density at radius 1 is 0.781 bits per heavy atom. The van der Waals surface area contributed by atoms with Crippen molar-refractivity contribution in [1.82, 2.24) is 5.32 Å². The molecule has 2 aliphatic rings. The van der Waals surface area contributed by atoms with Gasteiger partial charge in [-0.1, -0.05) is 52.4 Å². The lowest BCUT2D eigenvalue weighted by Crippen LogP contribution is -2.16. The van der Waals surface area contributed by atoms with E-state index in [2.05, 4.69) is 42.1 Å². The van der Waals surface area contributed by atoms with Crippen molar-refractivity contribution in [3.05, 3.63) is 54.9 Å². The lowest BCUT2D eigenvalue weighted by atomic mass is 10.0. The van der Waals surface area contributed by atoms with E-state index in [1.54, 1.807) is 22.7 Å². The number of carbonyl (C=O) groups excluding carboxylic acids is 2. The lowest BCUT2D eigenvalue weighted by molar-refractivity contribution is -0.116. The molecule has 1 amide bonds. The van der Waals surface area contributed by atoms with Gasteiger partial charge in [-0.05, 0) is 65.3 Å². The minimum absolute atomic E-state index is 0.0686. The maximum atomic E-state index is 13.0. The molecule has 3 heterocycles. The number of hydrogen-bond acceptors (Lipinski definition) is 4.